The molecule has 0 saturated carbocycles. The van der Waals surface area contributed by atoms with E-state index in [4.69, 9.17) is 9.47 Å². The summed E-state index contributed by atoms with van der Waals surface area (Å²) >= 11 is 0. The number of nitrogens with one attached hydrogen (secondary N) is 1. The van der Waals surface area contributed by atoms with Crippen LogP contribution < -0.4 is 10.1 Å². The second kappa shape index (κ2) is 9.26. The van der Waals surface area contributed by atoms with Crippen LogP contribution in [-0.4, -0.2) is 24.3 Å². The molecule has 4 rings (SSSR count). The minimum Gasteiger partial charge on any atom is -0.489 e. The van der Waals surface area contributed by atoms with Crippen LogP contribution in [0.15, 0.2) is 72.8 Å². The van der Waals surface area contributed by atoms with Crippen molar-refractivity contribution in [1.82, 2.24) is 0 Å². The molecule has 0 radical (unpaired) electrons. The normalized spacial score (nSPS) is 12.5. The number of benzene rings is 3. The number of hydrogen-bond acceptors (Lipinski definition) is 5. The Labute approximate surface area is 179 Å². The number of esters is 1. The van der Waals surface area contributed by atoms with Crippen molar-refractivity contribution in [1.29, 1.82) is 0 Å². The Bertz CT molecular complexity index is 1120. The van der Waals surface area contributed by atoms with Crippen molar-refractivity contribution in [2.75, 3.05) is 11.9 Å². The van der Waals surface area contributed by atoms with E-state index >= 15 is 0 Å². The second-order valence-electron chi connectivity index (χ2n) is 7.18. The van der Waals surface area contributed by atoms with Gasteiger partial charge in [0.15, 0.2) is 12.4 Å². The molecule has 3 aromatic carbocycles. The summed E-state index contributed by atoms with van der Waals surface area (Å²) in [5.74, 6) is -0.211. The fourth-order valence-electron chi connectivity index (χ4n) is 3.37. The summed E-state index contributed by atoms with van der Waals surface area (Å²) in [4.78, 5) is 36.6. The van der Waals surface area contributed by atoms with Gasteiger partial charge < -0.3 is 14.8 Å². The standard InChI is InChI=1S/C25H21NO5/c27-23(18-10-12-22-17(14-18)11-13-24(28)26-22)16-31-25(29)21-9-5-4-6-19(21)15-30-20-7-2-1-3-8-20/h1-10,12,14H,11,13,15-16H2,(H,26,28). The number of aryl methyl sites for hydroxylation is 1. The summed E-state index contributed by atoms with van der Waals surface area (Å²) in [7, 11) is 0. The van der Waals surface area contributed by atoms with Crippen LogP contribution in [0.5, 0.6) is 5.75 Å². The topological polar surface area (TPSA) is 81.7 Å². The van der Waals surface area contributed by atoms with Crippen molar-refractivity contribution in [2.24, 2.45) is 0 Å². The molecule has 0 aromatic heterocycles. The van der Waals surface area contributed by atoms with Crippen LogP contribution in [0.25, 0.3) is 0 Å². The van der Waals surface area contributed by atoms with Gasteiger partial charge in [0.25, 0.3) is 0 Å². The summed E-state index contributed by atoms with van der Waals surface area (Å²) in [6, 6.07) is 21.4. The quantitative estimate of drug-likeness (QED) is 0.462. The average Bonchev–Trinajstić information content (AvgIpc) is 2.81. The van der Waals surface area contributed by atoms with E-state index in [2.05, 4.69) is 5.32 Å². The molecule has 1 amide bonds. The molecule has 156 valence electrons. The molecule has 0 spiro atoms. The number of carbonyl (C=O) groups excluding carboxylic acids is 3. The van der Waals surface area contributed by atoms with Gasteiger partial charge in [0, 0.05) is 23.2 Å². The molecule has 1 aliphatic rings. The van der Waals surface area contributed by atoms with E-state index in [0.29, 0.717) is 35.3 Å². The van der Waals surface area contributed by atoms with Crippen molar-refractivity contribution in [3.63, 3.8) is 0 Å². The molecule has 1 aliphatic heterocycles. The Hall–Kier alpha value is -3.93. The summed E-state index contributed by atoms with van der Waals surface area (Å²) in [6.07, 6.45) is 0.971. The highest BCUT2D eigenvalue weighted by atomic mass is 16.5. The zero-order valence-corrected chi connectivity index (χ0v) is 16.8. The SMILES string of the molecule is O=C1CCc2cc(C(=O)COC(=O)c3ccccc3COc3ccccc3)ccc2N1. The molecule has 1 heterocycles. The van der Waals surface area contributed by atoms with Crippen molar-refractivity contribution >= 4 is 23.3 Å². The van der Waals surface area contributed by atoms with Crippen molar-refractivity contribution < 1.29 is 23.9 Å². The molecule has 6 nitrogen and oxygen atoms in total. The minimum absolute atomic E-state index is 0.0320. The third kappa shape index (κ3) is 4.98. The smallest absolute Gasteiger partial charge is 0.338 e. The van der Waals surface area contributed by atoms with Crippen LogP contribution in [0.1, 0.15) is 38.3 Å². The van der Waals surface area contributed by atoms with Gasteiger partial charge >= 0.3 is 5.97 Å². The molecule has 0 bridgehead atoms. The fourth-order valence-corrected chi connectivity index (χ4v) is 3.37. The van der Waals surface area contributed by atoms with E-state index in [1.54, 1.807) is 36.4 Å². The predicted octanol–water partition coefficient (Wildman–Crippen LogP) is 4.19. The van der Waals surface area contributed by atoms with Crippen LogP contribution in [0, 0.1) is 0 Å². The number of para-hydroxylation sites is 1. The molecular formula is C25H21NO5. The molecule has 0 aliphatic carbocycles. The molecule has 0 unspecified atom stereocenters. The van der Waals surface area contributed by atoms with Crippen LogP contribution >= 0.6 is 0 Å². The molecule has 0 fully saturated rings. The van der Waals surface area contributed by atoms with Gasteiger partial charge in [-0.05, 0) is 48.4 Å². The zero-order chi connectivity index (χ0) is 21.6. The lowest BCUT2D eigenvalue weighted by Gasteiger charge is -2.17. The van der Waals surface area contributed by atoms with Gasteiger partial charge in [0.05, 0.1) is 5.56 Å². The molecule has 3 aromatic rings. The maximum absolute atomic E-state index is 12.6. The summed E-state index contributed by atoms with van der Waals surface area (Å²) in [5, 5.41) is 2.78. The number of ether oxygens (including phenoxy) is 2. The summed E-state index contributed by atoms with van der Waals surface area (Å²) < 4.78 is 11.0. The van der Waals surface area contributed by atoms with Crippen molar-refractivity contribution in [3.8, 4) is 5.75 Å². The molecule has 1 N–H and O–H groups in total. The van der Waals surface area contributed by atoms with Gasteiger partial charge in [0.1, 0.15) is 12.4 Å². The zero-order valence-electron chi connectivity index (χ0n) is 16.8. The number of amides is 1. The first-order valence-electron chi connectivity index (χ1n) is 9.99. The van der Waals surface area contributed by atoms with Gasteiger partial charge in [-0.15, -0.1) is 0 Å². The average molecular weight is 415 g/mol. The van der Waals surface area contributed by atoms with E-state index in [0.717, 1.165) is 11.3 Å². The Morgan fingerprint density at radius 2 is 1.68 bits per heavy atom. The first kappa shape index (κ1) is 20.3. The van der Waals surface area contributed by atoms with E-state index in [-0.39, 0.29) is 24.9 Å². The Morgan fingerprint density at radius 1 is 0.903 bits per heavy atom. The number of hydrogen-bond donors (Lipinski definition) is 1. The molecule has 0 saturated heterocycles. The molecule has 31 heavy (non-hydrogen) atoms. The minimum atomic E-state index is -0.578. The Balaban J connectivity index is 1.39. The Kier molecular flexibility index (Phi) is 6.08. The predicted molar refractivity (Wildman–Crippen MR) is 115 cm³/mol. The first-order chi connectivity index (χ1) is 15.1. The molecule has 0 atom stereocenters. The van der Waals surface area contributed by atoms with E-state index < -0.39 is 5.97 Å². The lowest BCUT2D eigenvalue weighted by molar-refractivity contribution is -0.116. The Morgan fingerprint density at radius 3 is 2.52 bits per heavy atom. The number of anilines is 1. The highest BCUT2D eigenvalue weighted by molar-refractivity contribution is 6.01. The number of ketones is 1. The van der Waals surface area contributed by atoms with E-state index in [1.807, 2.05) is 36.4 Å². The highest BCUT2D eigenvalue weighted by Gasteiger charge is 2.19. The number of Topliss-reactive ketones (excluding diaryl/α,β-unsaturated/α-hetero) is 1. The van der Waals surface area contributed by atoms with Gasteiger partial charge in [0.2, 0.25) is 5.91 Å². The van der Waals surface area contributed by atoms with E-state index in [1.165, 1.54) is 0 Å². The van der Waals surface area contributed by atoms with Crippen LogP contribution in [0.3, 0.4) is 0 Å². The third-order valence-corrected chi connectivity index (χ3v) is 5.03. The van der Waals surface area contributed by atoms with Crippen molar-refractivity contribution in [3.05, 3.63) is 95.1 Å². The van der Waals surface area contributed by atoms with Gasteiger partial charge in [-0.2, -0.15) is 0 Å². The number of rotatable bonds is 7. The monoisotopic (exact) mass is 415 g/mol. The van der Waals surface area contributed by atoms with Gasteiger partial charge in [-0.3, -0.25) is 9.59 Å². The lowest BCUT2D eigenvalue weighted by atomic mass is 9.99. The maximum atomic E-state index is 12.6. The lowest BCUT2D eigenvalue weighted by Crippen LogP contribution is -2.20. The molecule has 6 heteroatoms. The second-order valence-corrected chi connectivity index (χ2v) is 7.18. The highest BCUT2D eigenvalue weighted by Crippen LogP contribution is 2.24. The van der Waals surface area contributed by atoms with Crippen LogP contribution in [0.4, 0.5) is 5.69 Å². The van der Waals surface area contributed by atoms with Gasteiger partial charge in [-0.25, -0.2) is 4.79 Å². The third-order valence-electron chi connectivity index (χ3n) is 5.03. The largest absolute Gasteiger partial charge is 0.489 e. The maximum Gasteiger partial charge on any atom is 0.338 e. The van der Waals surface area contributed by atoms with Crippen LogP contribution in [0.2, 0.25) is 0 Å². The number of carbonyl (C=O) groups is 3. The van der Waals surface area contributed by atoms with Crippen LogP contribution in [-0.2, 0) is 22.6 Å². The number of fused-ring (bicyclic) bond motifs is 1. The van der Waals surface area contributed by atoms with Gasteiger partial charge in [-0.1, -0.05) is 36.4 Å². The first-order valence-corrected chi connectivity index (χ1v) is 9.99. The molecular weight excluding hydrogens is 394 g/mol. The summed E-state index contributed by atoms with van der Waals surface area (Å²) in [5.41, 5.74) is 3.11. The van der Waals surface area contributed by atoms with E-state index in [9.17, 15) is 14.4 Å². The fraction of sp³-hybridized carbons (Fsp3) is 0.160. The van der Waals surface area contributed by atoms with Crippen molar-refractivity contribution in [2.45, 2.75) is 19.4 Å². The summed E-state index contributed by atoms with van der Waals surface area (Å²) in [6.45, 7) is -0.155.